The van der Waals surface area contributed by atoms with Crippen LogP contribution in [0.2, 0.25) is 0 Å². The first kappa shape index (κ1) is 13.7. The number of aliphatic imine (C=N–C) groups is 1. The molecule has 1 aromatic rings. The van der Waals surface area contributed by atoms with E-state index < -0.39 is 5.97 Å². The van der Waals surface area contributed by atoms with Gasteiger partial charge in [-0.3, -0.25) is 0 Å². The van der Waals surface area contributed by atoms with E-state index in [9.17, 15) is 9.18 Å². The number of amidine groups is 1. The minimum Gasteiger partial charge on any atom is -0.462 e. The molecular formula is C12H14FN3O2. The second-order valence-electron chi connectivity index (χ2n) is 3.27. The van der Waals surface area contributed by atoms with Crippen LogP contribution in [0.5, 0.6) is 0 Å². The lowest BCUT2D eigenvalue weighted by atomic mass is 10.2. The molecule has 6 heteroatoms. The fourth-order valence-electron chi connectivity index (χ4n) is 1.18. The first-order valence-electron chi connectivity index (χ1n) is 5.27. The van der Waals surface area contributed by atoms with Crippen molar-refractivity contribution in [3.63, 3.8) is 0 Å². The van der Waals surface area contributed by atoms with Crippen molar-refractivity contribution in [2.45, 2.75) is 6.92 Å². The van der Waals surface area contributed by atoms with Crippen LogP contribution >= 0.6 is 0 Å². The second kappa shape index (κ2) is 6.39. The van der Waals surface area contributed by atoms with Gasteiger partial charge in [-0.05, 0) is 31.2 Å². The lowest BCUT2D eigenvalue weighted by molar-refractivity contribution is -0.137. The summed E-state index contributed by atoms with van der Waals surface area (Å²) in [4.78, 5) is 15.4. The zero-order valence-corrected chi connectivity index (χ0v) is 9.89. The average molecular weight is 251 g/mol. The molecule has 0 spiro atoms. The molecule has 0 aliphatic rings. The number of hydrogen-bond acceptors (Lipinski definition) is 4. The van der Waals surface area contributed by atoms with Crippen LogP contribution in [0.15, 0.2) is 41.0 Å². The van der Waals surface area contributed by atoms with E-state index in [0.29, 0.717) is 5.69 Å². The zero-order valence-electron chi connectivity index (χ0n) is 9.89. The van der Waals surface area contributed by atoms with Crippen molar-refractivity contribution in [2.24, 2.45) is 16.5 Å². The molecule has 0 aliphatic heterocycles. The minimum atomic E-state index is -0.650. The van der Waals surface area contributed by atoms with Gasteiger partial charge in [-0.2, -0.15) is 0 Å². The van der Waals surface area contributed by atoms with Crippen LogP contribution in [0.3, 0.4) is 0 Å². The van der Waals surface area contributed by atoms with Crippen LogP contribution in [-0.4, -0.2) is 18.4 Å². The van der Waals surface area contributed by atoms with Gasteiger partial charge in [-0.25, -0.2) is 14.2 Å². The van der Waals surface area contributed by atoms with Crippen molar-refractivity contribution in [3.8, 4) is 0 Å². The van der Waals surface area contributed by atoms with Crippen LogP contribution in [0.4, 0.5) is 10.1 Å². The van der Waals surface area contributed by atoms with E-state index in [-0.39, 0.29) is 23.8 Å². The molecule has 0 atom stereocenters. The monoisotopic (exact) mass is 251 g/mol. The Hall–Kier alpha value is -2.37. The molecule has 0 unspecified atom stereocenters. The Labute approximate surface area is 104 Å². The number of rotatable bonds is 4. The summed E-state index contributed by atoms with van der Waals surface area (Å²) in [5.41, 5.74) is 11.3. The number of carbonyl (C=O) groups excluding carboxylic acids is 1. The van der Waals surface area contributed by atoms with Gasteiger partial charge in [0.25, 0.3) is 0 Å². The standard InChI is InChI=1S/C12H14FN3O2/c1-2-18-12(17)10(7-14)11(15)16-9-5-3-8(13)4-6-9/h3-7H,2,14H2,1H3,(H2,15,16). The van der Waals surface area contributed by atoms with Crippen LogP contribution in [0, 0.1) is 5.82 Å². The number of carbonyl (C=O) groups is 1. The lowest BCUT2D eigenvalue weighted by Gasteiger charge is -2.05. The third kappa shape index (κ3) is 3.58. The molecule has 1 aromatic carbocycles. The van der Waals surface area contributed by atoms with Gasteiger partial charge in [-0.1, -0.05) is 0 Å². The molecule has 96 valence electrons. The molecule has 0 aromatic heterocycles. The molecule has 5 nitrogen and oxygen atoms in total. The van der Waals surface area contributed by atoms with E-state index in [1.54, 1.807) is 6.92 Å². The summed E-state index contributed by atoms with van der Waals surface area (Å²) in [6.45, 7) is 1.87. The topological polar surface area (TPSA) is 90.7 Å². The Morgan fingerprint density at radius 1 is 1.44 bits per heavy atom. The number of halogens is 1. The Morgan fingerprint density at radius 2 is 2.06 bits per heavy atom. The summed E-state index contributed by atoms with van der Waals surface area (Å²) in [5, 5.41) is 0. The molecule has 0 radical (unpaired) electrons. The third-order valence-electron chi connectivity index (χ3n) is 2.01. The molecule has 0 saturated heterocycles. The average Bonchev–Trinajstić information content (AvgIpc) is 2.33. The van der Waals surface area contributed by atoms with Crippen molar-refractivity contribution in [2.75, 3.05) is 6.61 Å². The van der Waals surface area contributed by atoms with Crippen molar-refractivity contribution in [1.29, 1.82) is 0 Å². The lowest BCUT2D eigenvalue weighted by Crippen LogP contribution is -2.24. The van der Waals surface area contributed by atoms with Gasteiger partial charge in [0.05, 0.1) is 12.3 Å². The fourth-order valence-corrected chi connectivity index (χ4v) is 1.18. The maximum atomic E-state index is 12.7. The first-order chi connectivity index (χ1) is 8.58. The summed E-state index contributed by atoms with van der Waals surface area (Å²) in [7, 11) is 0. The summed E-state index contributed by atoms with van der Waals surface area (Å²) in [6.07, 6.45) is 1.03. The number of hydrogen-bond donors (Lipinski definition) is 2. The van der Waals surface area contributed by atoms with E-state index in [2.05, 4.69) is 4.99 Å². The maximum Gasteiger partial charge on any atom is 0.343 e. The largest absolute Gasteiger partial charge is 0.462 e. The van der Waals surface area contributed by atoms with Gasteiger partial charge >= 0.3 is 5.97 Å². The van der Waals surface area contributed by atoms with Gasteiger partial charge in [0.2, 0.25) is 0 Å². The van der Waals surface area contributed by atoms with Crippen LogP contribution in [-0.2, 0) is 9.53 Å². The Kier molecular flexibility index (Phi) is 4.86. The van der Waals surface area contributed by atoms with E-state index in [1.807, 2.05) is 0 Å². The van der Waals surface area contributed by atoms with Crippen LogP contribution < -0.4 is 11.5 Å². The highest BCUT2D eigenvalue weighted by molar-refractivity contribution is 6.18. The van der Waals surface area contributed by atoms with Gasteiger partial charge in [0.15, 0.2) is 0 Å². The third-order valence-corrected chi connectivity index (χ3v) is 2.01. The molecule has 4 N–H and O–H groups in total. The summed E-state index contributed by atoms with van der Waals surface area (Å²) >= 11 is 0. The predicted octanol–water partition coefficient (Wildman–Crippen LogP) is 1.22. The van der Waals surface area contributed by atoms with Gasteiger partial charge in [0.1, 0.15) is 17.2 Å². The van der Waals surface area contributed by atoms with Gasteiger partial charge < -0.3 is 16.2 Å². The summed E-state index contributed by atoms with van der Waals surface area (Å²) in [6, 6.07) is 5.34. The van der Waals surface area contributed by atoms with Gasteiger partial charge in [-0.15, -0.1) is 0 Å². The van der Waals surface area contributed by atoms with Crippen molar-refractivity contribution >= 4 is 17.5 Å². The predicted molar refractivity (Wildman–Crippen MR) is 66.6 cm³/mol. The number of nitrogens with two attached hydrogens (primary N) is 2. The normalized spacial score (nSPS) is 12.3. The quantitative estimate of drug-likeness (QED) is 0.364. The molecule has 0 aliphatic carbocycles. The number of ether oxygens (including phenoxy) is 1. The summed E-state index contributed by atoms with van der Waals surface area (Å²) in [5.74, 6) is -1.11. The molecule has 0 fully saturated rings. The van der Waals surface area contributed by atoms with E-state index in [0.717, 1.165) is 6.20 Å². The molecule has 0 bridgehead atoms. The fraction of sp³-hybridized carbons (Fsp3) is 0.167. The number of esters is 1. The molecular weight excluding hydrogens is 237 g/mol. The maximum absolute atomic E-state index is 12.7. The highest BCUT2D eigenvalue weighted by Gasteiger charge is 2.14. The molecule has 0 heterocycles. The Morgan fingerprint density at radius 3 is 2.56 bits per heavy atom. The minimum absolute atomic E-state index is 0.0267. The van der Waals surface area contributed by atoms with Gasteiger partial charge in [0, 0.05) is 6.20 Å². The second-order valence-corrected chi connectivity index (χ2v) is 3.27. The van der Waals surface area contributed by atoms with Crippen LogP contribution in [0.25, 0.3) is 0 Å². The zero-order chi connectivity index (χ0) is 13.5. The summed E-state index contributed by atoms with van der Waals surface area (Å²) < 4.78 is 17.5. The smallest absolute Gasteiger partial charge is 0.343 e. The van der Waals surface area contributed by atoms with E-state index in [1.165, 1.54) is 24.3 Å². The van der Waals surface area contributed by atoms with Crippen molar-refractivity contribution in [1.82, 2.24) is 0 Å². The molecule has 0 amide bonds. The Bertz CT molecular complexity index is 481. The number of benzene rings is 1. The highest BCUT2D eigenvalue weighted by atomic mass is 19.1. The van der Waals surface area contributed by atoms with Crippen molar-refractivity contribution < 1.29 is 13.9 Å². The first-order valence-corrected chi connectivity index (χ1v) is 5.27. The highest BCUT2D eigenvalue weighted by Crippen LogP contribution is 2.13. The SMILES string of the molecule is CCOC(=O)C(=CN)C(N)=Nc1ccc(F)cc1. The Balaban J connectivity index is 2.94. The van der Waals surface area contributed by atoms with E-state index in [4.69, 9.17) is 16.2 Å². The number of nitrogens with zero attached hydrogens (tertiary/aromatic N) is 1. The van der Waals surface area contributed by atoms with Crippen molar-refractivity contribution in [3.05, 3.63) is 41.9 Å². The molecule has 18 heavy (non-hydrogen) atoms. The molecule has 0 saturated carbocycles. The molecule has 1 rings (SSSR count). The van der Waals surface area contributed by atoms with E-state index >= 15 is 0 Å². The van der Waals surface area contributed by atoms with Crippen LogP contribution in [0.1, 0.15) is 6.92 Å².